The molecule has 2 saturated heterocycles. The Morgan fingerprint density at radius 3 is 2.91 bits per heavy atom. The smallest absolute Gasteiger partial charge is 0.222 e. The number of fused-ring (bicyclic) bond motifs is 1. The molecule has 2 fully saturated rings. The van der Waals surface area contributed by atoms with Gasteiger partial charge in [0.25, 0.3) is 0 Å². The number of aromatic nitrogens is 2. The van der Waals surface area contributed by atoms with Gasteiger partial charge in [0.1, 0.15) is 6.33 Å². The van der Waals surface area contributed by atoms with Gasteiger partial charge in [0.2, 0.25) is 5.91 Å². The highest BCUT2D eigenvalue weighted by atomic mass is 16.5. The zero-order valence-corrected chi connectivity index (χ0v) is 13.9. The predicted octanol–water partition coefficient (Wildman–Crippen LogP) is 1.33. The highest BCUT2D eigenvalue weighted by Crippen LogP contribution is 2.30. The quantitative estimate of drug-likeness (QED) is 0.820. The largest absolute Gasteiger partial charge is 0.383 e. The molecule has 3 heterocycles. The second-order valence-corrected chi connectivity index (χ2v) is 6.57. The molecule has 1 aromatic rings. The van der Waals surface area contributed by atoms with Crippen LogP contribution in [-0.2, 0) is 16.1 Å². The van der Waals surface area contributed by atoms with E-state index in [4.69, 9.17) is 4.74 Å². The Kier molecular flexibility index (Phi) is 5.56. The molecule has 1 aromatic heterocycles. The van der Waals surface area contributed by atoms with Crippen molar-refractivity contribution in [3.8, 4) is 0 Å². The monoisotopic (exact) mass is 318 g/mol. The summed E-state index contributed by atoms with van der Waals surface area (Å²) in [6.07, 6.45) is 9.23. The van der Waals surface area contributed by atoms with E-state index in [9.17, 15) is 4.79 Å². The zero-order chi connectivity index (χ0) is 16.1. The van der Waals surface area contributed by atoms with E-state index >= 15 is 0 Å². The van der Waals surface area contributed by atoms with Gasteiger partial charge in [-0.05, 0) is 25.2 Å². The average molecular weight is 318 g/mol. The molecule has 0 saturated carbocycles. The molecule has 0 aliphatic carbocycles. The van der Waals surface area contributed by atoms with Gasteiger partial charge in [-0.15, -0.1) is 0 Å². The number of hydrogen-bond donors (Lipinski definition) is 0. The summed E-state index contributed by atoms with van der Waals surface area (Å²) in [6.45, 7) is 4.32. The van der Waals surface area contributed by atoms with E-state index in [0.29, 0.717) is 30.9 Å². The molecule has 0 aromatic carbocycles. The van der Waals surface area contributed by atoms with Crippen LogP contribution in [0, 0.1) is 5.92 Å². The summed E-state index contributed by atoms with van der Waals surface area (Å²) < 4.78 is 5.20. The molecule has 1 amide bonds. The Morgan fingerprint density at radius 2 is 2.13 bits per heavy atom. The number of methoxy groups -OCH3 is 1. The van der Waals surface area contributed by atoms with Crippen molar-refractivity contribution in [3.63, 3.8) is 0 Å². The van der Waals surface area contributed by atoms with Crippen LogP contribution in [-0.4, -0.2) is 65.1 Å². The maximum atomic E-state index is 12.4. The maximum Gasteiger partial charge on any atom is 0.222 e. The van der Waals surface area contributed by atoms with Crippen LogP contribution in [0.3, 0.4) is 0 Å². The lowest BCUT2D eigenvalue weighted by Gasteiger charge is -2.42. The Hall–Kier alpha value is -1.53. The molecule has 126 valence electrons. The molecule has 0 N–H and O–H groups in total. The van der Waals surface area contributed by atoms with E-state index < -0.39 is 0 Å². The van der Waals surface area contributed by atoms with Crippen LogP contribution in [0.1, 0.15) is 31.2 Å². The van der Waals surface area contributed by atoms with Crippen molar-refractivity contribution in [2.45, 2.75) is 38.3 Å². The highest BCUT2D eigenvalue weighted by Gasteiger charge is 2.37. The fourth-order valence-electron chi connectivity index (χ4n) is 3.93. The summed E-state index contributed by atoms with van der Waals surface area (Å²) in [7, 11) is 1.70. The van der Waals surface area contributed by atoms with Crippen LogP contribution in [0.5, 0.6) is 0 Å². The number of rotatable bonds is 5. The van der Waals surface area contributed by atoms with Crippen molar-refractivity contribution in [2.24, 2.45) is 5.92 Å². The Labute approximate surface area is 137 Å². The van der Waals surface area contributed by atoms with E-state index in [-0.39, 0.29) is 0 Å². The SMILES string of the molecule is COCCN1C(=O)CCC[C@H]2CN(Cc3cncnc3)CC[C@H]21. The minimum Gasteiger partial charge on any atom is -0.383 e. The number of amides is 1. The van der Waals surface area contributed by atoms with Gasteiger partial charge >= 0.3 is 0 Å². The van der Waals surface area contributed by atoms with Crippen molar-refractivity contribution in [1.29, 1.82) is 0 Å². The molecular formula is C17H26N4O2. The number of piperidine rings is 1. The molecule has 2 atom stereocenters. The van der Waals surface area contributed by atoms with Crippen LogP contribution in [0.4, 0.5) is 0 Å². The lowest BCUT2D eigenvalue weighted by molar-refractivity contribution is -0.135. The lowest BCUT2D eigenvalue weighted by Crippen LogP contribution is -2.52. The van der Waals surface area contributed by atoms with E-state index in [1.807, 2.05) is 12.4 Å². The van der Waals surface area contributed by atoms with Gasteiger partial charge in [0.15, 0.2) is 0 Å². The van der Waals surface area contributed by atoms with E-state index in [1.165, 1.54) is 0 Å². The van der Waals surface area contributed by atoms with E-state index in [2.05, 4.69) is 19.8 Å². The number of nitrogens with zero attached hydrogens (tertiary/aromatic N) is 4. The molecule has 0 bridgehead atoms. The number of carbonyl (C=O) groups excluding carboxylic acids is 1. The minimum atomic E-state index is 0.305. The van der Waals surface area contributed by atoms with Gasteiger partial charge in [-0.3, -0.25) is 9.69 Å². The number of carbonyl (C=O) groups is 1. The lowest BCUT2D eigenvalue weighted by atomic mass is 9.88. The molecule has 0 radical (unpaired) electrons. The normalized spacial score (nSPS) is 26.0. The standard InChI is InChI=1S/C17H26N4O2/c1-23-8-7-21-16-5-6-20(11-14-9-18-13-19-10-14)12-15(16)3-2-4-17(21)22/h9-10,13,15-16H,2-8,11-12H2,1H3/t15-,16+/m0/s1. The van der Waals surface area contributed by atoms with Crippen LogP contribution in [0.2, 0.25) is 0 Å². The molecule has 23 heavy (non-hydrogen) atoms. The third-order valence-corrected chi connectivity index (χ3v) is 5.02. The second-order valence-electron chi connectivity index (χ2n) is 6.57. The Bertz CT molecular complexity index is 511. The topological polar surface area (TPSA) is 58.6 Å². The number of ether oxygens (including phenoxy) is 1. The van der Waals surface area contributed by atoms with Crippen molar-refractivity contribution < 1.29 is 9.53 Å². The van der Waals surface area contributed by atoms with Gasteiger partial charge in [-0.25, -0.2) is 9.97 Å². The van der Waals surface area contributed by atoms with Crippen molar-refractivity contribution >= 4 is 5.91 Å². The van der Waals surface area contributed by atoms with Crippen molar-refractivity contribution in [2.75, 3.05) is 33.4 Å². The van der Waals surface area contributed by atoms with Crippen LogP contribution < -0.4 is 0 Å². The zero-order valence-electron chi connectivity index (χ0n) is 13.9. The summed E-state index contributed by atoms with van der Waals surface area (Å²) in [5.41, 5.74) is 1.16. The summed E-state index contributed by atoms with van der Waals surface area (Å²) in [4.78, 5) is 25.1. The van der Waals surface area contributed by atoms with Crippen LogP contribution >= 0.6 is 0 Å². The van der Waals surface area contributed by atoms with E-state index in [0.717, 1.165) is 51.0 Å². The minimum absolute atomic E-state index is 0.305. The van der Waals surface area contributed by atoms with Gasteiger partial charge in [0.05, 0.1) is 6.61 Å². The molecule has 0 unspecified atom stereocenters. The fourth-order valence-corrected chi connectivity index (χ4v) is 3.93. The molecular weight excluding hydrogens is 292 g/mol. The van der Waals surface area contributed by atoms with Gasteiger partial charge < -0.3 is 9.64 Å². The first-order valence-electron chi connectivity index (χ1n) is 8.52. The first-order chi connectivity index (χ1) is 11.3. The van der Waals surface area contributed by atoms with Crippen molar-refractivity contribution in [3.05, 3.63) is 24.3 Å². The van der Waals surface area contributed by atoms with Gasteiger partial charge in [-0.1, -0.05) is 0 Å². The Morgan fingerprint density at radius 1 is 1.30 bits per heavy atom. The molecule has 6 heteroatoms. The van der Waals surface area contributed by atoms with Gasteiger partial charge in [0, 0.05) is 63.7 Å². The fraction of sp³-hybridized carbons (Fsp3) is 0.706. The molecule has 2 aliphatic rings. The van der Waals surface area contributed by atoms with Crippen LogP contribution in [0.15, 0.2) is 18.7 Å². The summed E-state index contributed by atoms with van der Waals surface area (Å²) in [5.74, 6) is 0.871. The number of hydrogen-bond acceptors (Lipinski definition) is 5. The first kappa shape index (κ1) is 16.3. The summed E-state index contributed by atoms with van der Waals surface area (Å²) in [6, 6.07) is 0.378. The predicted molar refractivity (Wildman–Crippen MR) is 86.6 cm³/mol. The summed E-state index contributed by atoms with van der Waals surface area (Å²) in [5, 5.41) is 0. The second kappa shape index (κ2) is 7.84. The maximum absolute atomic E-state index is 12.4. The first-order valence-corrected chi connectivity index (χ1v) is 8.52. The van der Waals surface area contributed by atoms with Crippen LogP contribution in [0.25, 0.3) is 0 Å². The third kappa shape index (κ3) is 4.06. The third-order valence-electron chi connectivity index (χ3n) is 5.02. The molecule has 2 aliphatic heterocycles. The average Bonchev–Trinajstić information content (AvgIpc) is 2.72. The summed E-state index contributed by atoms with van der Waals surface area (Å²) >= 11 is 0. The van der Waals surface area contributed by atoms with Crippen molar-refractivity contribution in [1.82, 2.24) is 19.8 Å². The number of likely N-dealkylation sites (tertiary alicyclic amines) is 2. The van der Waals surface area contributed by atoms with Gasteiger partial charge in [-0.2, -0.15) is 0 Å². The molecule has 0 spiro atoms. The Balaban J connectivity index is 1.64. The molecule has 3 rings (SSSR count). The van der Waals surface area contributed by atoms with E-state index in [1.54, 1.807) is 13.4 Å². The highest BCUT2D eigenvalue weighted by molar-refractivity contribution is 5.76. The molecule has 6 nitrogen and oxygen atoms in total.